The monoisotopic (exact) mass is 422 g/mol. The maximum Gasteiger partial charge on any atom is 0.418 e. The fourth-order valence-electron chi connectivity index (χ4n) is 4.53. The maximum absolute atomic E-state index is 13.3. The Morgan fingerprint density at radius 3 is 2.17 bits per heavy atom. The summed E-state index contributed by atoms with van der Waals surface area (Å²) in [6, 6.07) is 6.93. The second-order valence-electron chi connectivity index (χ2n) is 7.95. The van der Waals surface area contributed by atoms with Crippen molar-refractivity contribution in [3.8, 4) is 0 Å². The van der Waals surface area contributed by atoms with Crippen LogP contribution in [0, 0.1) is 0 Å². The average Bonchev–Trinajstić information content (AvgIpc) is 2.73. The summed E-state index contributed by atoms with van der Waals surface area (Å²) >= 11 is 0. The number of piperazine rings is 1. The number of nitrogens with zero attached hydrogens (tertiary/aromatic N) is 3. The molecular weight excluding hydrogens is 397 g/mol. The molecule has 2 fully saturated rings. The van der Waals surface area contributed by atoms with Crippen LogP contribution in [-0.4, -0.2) is 35.7 Å². The molecule has 2 aromatic rings. The molecule has 1 N–H and O–H groups in total. The van der Waals surface area contributed by atoms with Gasteiger partial charge in [-0.15, -0.1) is 0 Å². The van der Waals surface area contributed by atoms with Gasteiger partial charge in [0.05, 0.1) is 5.56 Å². The molecule has 162 valence electrons. The highest BCUT2D eigenvalue weighted by atomic mass is 19.4. The zero-order valence-electron chi connectivity index (χ0n) is 16.6. The molecule has 0 atom stereocenters. The zero-order valence-corrected chi connectivity index (χ0v) is 16.6. The normalized spacial score (nSPS) is 18.6. The quantitative estimate of drug-likeness (QED) is 0.824. The van der Waals surface area contributed by atoms with E-state index in [0.29, 0.717) is 32.0 Å². The van der Waals surface area contributed by atoms with Crippen molar-refractivity contribution in [3.05, 3.63) is 56.7 Å². The first kappa shape index (κ1) is 20.6. The number of H-pyrrole nitrogens is 1. The predicted octanol–water partition coefficient (Wildman–Crippen LogP) is 3.39. The Kier molecular flexibility index (Phi) is 5.62. The van der Waals surface area contributed by atoms with Crippen molar-refractivity contribution in [1.29, 1.82) is 0 Å². The lowest BCUT2D eigenvalue weighted by atomic mass is 9.95. The average molecular weight is 422 g/mol. The van der Waals surface area contributed by atoms with E-state index in [0.717, 1.165) is 38.2 Å². The summed E-state index contributed by atoms with van der Waals surface area (Å²) in [6.45, 7) is 1.55. The Bertz CT molecular complexity index is 969. The predicted molar refractivity (Wildman–Crippen MR) is 109 cm³/mol. The molecule has 1 aromatic heterocycles. The van der Waals surface area contributed by atoms with Gasteiger partial charge in [0.25, 0.3) is 5.56 Å². The minimum Gasteiger partial charge on any atom is -0.367 e. The molecule has 6 nitrogen and oxygen atoms in total. The van der Waals surface area contributed by atoms with E-state index in [1.807, 2.05) is 4.90 Å². The van der Waals surface area contributed by atoms with E-state index >= 15 is 0 Å². The van der Waals surface area contributed by atoms with Gasteiger partial charge in [-0.05, 0) is 25.0 Å². The van der Waals surface area contributed by atoms with Gasteiger partial charge in [0.1, 0.15) is 5.82 Å². The number of benzene rings is 1. The van der Waals surface area contributed by atoms with Crippen molar-refractivity contribution < 1.29 is 13.2 Å². The number of halogens is 3. The topological polar surface area (TPSA) is 61.3 Å². The van der Waals surface area contributed by atoms with Gasteiger partial charge >= 0.3 is 11.9 Å². The first-order valence-electron chi connectivity index (χ1n) is 10.4. The maximum atomic E-state index is 13.3. The molecule has 2 aliphatic rings. The molecule has 1 saturated carbocycles. The van der Waals surface area contributed by atoms with Crippen LogP contribution in [0.1, 0.15) is 43.7 Å². The number of alkyl halides is 3. The van der Waals surface area contributed by atoms with Gasteiger partial charge in [-0.1, -0.05) is 31.4 Å². The molecule has 2 heterocycles. The molecule has 4 rings (SSSR count). The molecule has 1 aliphatic carbocycles. The molecule has 30 heavy (non-hydrogen) atoms. The molecule has 0 spiro atoms. The fourth-order valence-corrected chi connectivity index (χ4v) is 4.53. The number of aromatic amines is 1. The van der Waals surface area contributed by atoms with Crippen LogP contribution in [0.25, 0.3) is 0 Å². The highest BCUT2D eigenvalue weighted by Gasteiger charge is 2.35. The summed E-state index contributed by atoms with van der Waals surface area (Å²) in [6.07, 6.45) is 0.407. The summed E-state index contributed by atoms with van der Waals surface area (Å²) < 4.78 is 41.3. The van der Waals surface area contributed by atoms with Gasteiger partial charge in [0.2, 0.25) is 0 Å². The van der Waals surface area contributed by atoms with Crippen LogP contribution < -0.4 is 21.0 Å². The van der Waals surface area contributed by atoms with E-state index < -0.39 is 17.4 Å². The van der Waals surface area contributed by atoms with E-state index in [9.17, 15) is 22.8 Å². The Hall–Kier alpha value is -2.71. The van der Waals surface area contributed by atoms with E-state index in [1.165, 1.54) is 22.8 Å². The second-order valence-corrected chi connectivity index (χ2v) is 7.95. The number of nitrogens with one attached hydrogen (secondary N) is 1. The minimum atomic E-state index is -4.41. The van der Waals surface area contributed by atoms with Crippen LogP contribution in [0.2, 0.25) is 0 Å². The third-order valence-electron chi connectivity index (χ3n) is 6.06. The van der Waals surface area contributed by atoms with Gasteiger partial charge < -0.3 is 9.80 Å². The standard InChI is InChI=1S/C21H25F3N4O2/c22-21(23,24)16-8-4-5-9-17(16)26-10-12-27(13-11-26)18-14-19(29)28(20(30)25-18)15-6-2-1-3-7-15/h4-5,8-9,14-15H,1-3,6-7,10-13H2,(H,25,30). The molecule has 1 aromatic carbocycles. The minimum absolute atomic E-state index is 0.0558. The Morgan fingerprint density at radius 1 is 0.900 bits per heavy atom. The third-order valence-corrected chi connectivity index (χ3v) is 6.06. The van der Waals surface area contributed by atoms with E-state index in [4.69, 9.17) is 0 Å². The Labute approximate surface area is 171 Å². The van der Waals surface area contributed by atoms with E-state index in [2.05, 4.69) is 4.98 Å². The number of para-hydroxylation sites is 1. The van der Waals surface area contributed by atoms with Gasteiger partial charge in [-0.3, -0.25) is 14.3 Å². The fraction of sp³-hybridized carbons (Fsp3) is 0.524. The van der Waals surface area contributed by atoms with Crippen molar-refractivity contribution >= 4 is 11.5 Å². The highest BCUT2D eigenvalue weighted by molar-refractivity contribution is 5.56. The van der Waals surface area contributed by atoms with Crippen LogP contribution in [0.5, 0.6) is 0 Å². The zero-order chi connectivity index (χ0) is 21.3. The number of hydrogen-bond donors (Lipinski definition) is 1. The van der Waals surface area contributed by atoms with Crippen LogP contribution in [0.4, 0.5) is 24.7 Å². The lowest BCUT2D eigenvalue weighted by molar-refractivity contribution is -0.137. The number of anilines is 2. The van der Waals surface area contributed by atoms with Crippen LogP contribution in [-0.2, 0) is 6.18 Å². The van der Waals surface area contributed by atoms with Crippen molar-refractivity contribution in [2.75, 3.05) is 36.0 Å². The molecule has 0 bridgehead atoms. The van der Waals surface area contributed by atoms with E-state index in [1.54, 1.807) is 11.0 Å². The summed E-state index contributed by atoms with van der Waals surface area (Å²) in [7, 11) is 0. The molecule has 0 amide bonds. The van der Waals surface area contributed by atoms with Crippen molar-refractivity contribution in [1.82, 2.24) is 9.55 Å². The summed E-state index contributed by atoms with van der Waals surface area (Å²) in [5.41, 5.74) is -1.22. The largest absolute Gasteiger partial charge is 0.418 e. The van der Waals surface area contributed by atoms with Crippen molar-refractivity contribution in [3.63, 3.8) is 0 Å². The molecular formula is C21H25F3N4O2. The Balaban J connectivity index is 1.50. The lowest BCUT2D eigenvalue weighted by Gasteiger charge is -2.38. The highest BCUT2D eigenvalue weighted by Crippen LogP contribution is 2.36. The molecule has 1 aliphatic heterocycles. The number of aromatic nitrogens is 2. The summed E-state index contributed by atoms with van der Waals surface area (Å²) in [4.78, 5) is 31.6. The second kappa shape index (κ2) is 8.20. The number of hydrogen-bond acceptors (Lipinski definition) is 4. The van der Waals surface area contributed by atoms with Crippen LogP contribution in [0.3, 0.4) is 0 Å². The molecule has 0 radical (unpaired) electrons. The van der Waals surface area contributed by atoms with Gasteiger partial charge in [0.15, 0.2) is 0 Å². The lowest BCUT2D eigenvalue weighted by Crippen LogP contribution is -2.49. The first-order chi connectivity index (χ1) is 14.3. The van der Waals surface area contributed by atoms with Gasteiger partial charge in [0, 0.05) is 44.0 Å². The Morgan fingerprint density at radius 2 is 1.53 bits per heavy atom. The smallest absolute Gasteiger partial charge is 0.367 e. The first-order valence-corrected chi connectivity index (χ1v) is 10.4. The number of rotatable bonds is 3. The SMILES string of the molecule is O=c1cc(N2CCN(c3ccccc3C(F)(F)F)CC2)[nH]c(=O)n1C1CCCCC1. The molecule has 0 unspecified atom stereocenters. The van der Waals surface area contributed by atoms with Crippen molar-refractivity contribution in [2.24, 2.45) is 0 Å². The summed E-state index contributed by atoms with van der Waals surface area (Å²) in [5.74, 6) is 0.431. The third kappa shape index (κ3) is 4.11. The van der Waals surface area contributed by atoms with Crippen LogP contribution in [0.15, 0.2) is 39.9 Å². The van der Waals surface area contributed by atoms with E-state index in [-0.39, 0.29) is 17.3 Å². The van der Waals surface area contributed by atoms with Crippen LogP contribution >= 0.6 is 0 Å². The van der Waals surface area contributed by atoms with Gasteiger partial charge in [-0.2, -0.15) is 13.2 Å². The van der Waals surface area contributed by atoms with Crippen molar-refractivity contribution in [2.45, 2.75) is 44.3 Å². The van der Waals surface area contributed by atoms with Gasteiger partial charge in [-0.25, -0.2) is 4.79 Å². The molecule has 9 heteroatoms. The summed E-state index contributed by atoms with van der Waals surface area (Å²) in [5, 5.41) is 0. The molecule has 1 saturated heterocycles.